The zero-order valence-electron chi connectivity index (χ0n) is 14.7. The topological polar surface area (TPSA) is 79.4 Å². The summed E-state index contributed by atoms with van der Waals surface area (Å²) in [5, 5.41) is 3.50. The minimum absolute atomic E-state index is 0. The van der Waals surface area contributed by atoms with Crippen LogP contribution in [0.2, 0.25) is 0 Å². The van der Waals surface area contributed by atoms with Crippen LogP contribution in [0.15, 0.2) is 29.2 Å². The first-order valence-corrected chi connectivity index (χ1v) is 10.9. The van der Waals surface area contributed by atoms with Gasteiger partial charge in [0.1, 0.15) is 0 Å². The van der Waals surface area contributed by atoms with Crippen molar-refractivity contribution in [2.24, 2.45) is 0 Å². The van der Waals surface area contributed by atoms with Crippen LogP contribution in [-0.2, 0) is 34.0 Å². The van der Waals surface area contributed by atoms with Gasteiger partial charge in [-0.15, -0.1) is 23.7 Å². The Morgan fingerprint density at radius 1 is 1.31 bits per heavy atom. The van der Waals surface area contributed by atoms with E-state index in [4.69, 9.17) is 0 Å². The molecule has 0 saturated carbocycles. The van der Waals surface area contributed by atoms with Gasteiger partial charge in [0.2, 0.25) is 5.91 Å². The third-order valence-electron chi connectivity index (χ3n) is 4.22. The summed E-state index contributed by atoms with van der Waals surface area (Å²) in [5.74, 6) is -0.148. The van der Waals surface area contributed by atoms with Crippen LogP contribution < -0.4 is 5.32 Å². The van der Waals surface area contributed by atoms with Crippen molar-refractivity contribution in [3.63, 3.8) is 0 Å². The maximum atomic E-state index is 12.2. The minimum Gasteiger partial charge on any atom is -0.302 e. The molecular weight excluding hydrogens is 394 g/mol. The lowest BCUT2D eigenvalue weighted by atomic mass is 10.1. The highest BCUT2D eigenvalue weighted by atomic mass is 35.5. The van der Waals surface area contributed by atoms with Crippen molar-refractivity contribution < 1.29 is 13.2 Å². The van der Waals surface area contributed by atoms with Crippen LogP contribution in [0.5, 0.6) is 0 Å². The lowest BCUT2D eigenvalue weighted by molar-refractivity contribution is -0.115. The number of carbonyl (C=O) groups is 1. The molecule has 0 saturated heterocycles. The molecule has 1 aliphatic heterocycles. The van der Waals surface area contributed by atoms with Gasteiger partial charge in [-0.3, -0.25) is 9.69 Å². The summed E-state index contributed by atoms with van der Waals surface area (Å²) in [6.07, 6.45) is 2.27. The van der Waals surface area contributed by atoms with E-state index >= 15 is 0 Å². The molecule has 0 atom stereocenters. The number of thiazole rings is 1. The molecule has 2 heterocycles. The quantitative estimate of drug-likeness (QED) is 0.811. The number of likely N-dealkylation sites (N-methyl/N-ethyl adjacent to an activating group) is 1. The average Bonchev–Trinajstić information content (AvgIpc) is 2.95. The smallest absolute Gasteiger partial charge is 0.230 e. The first-order valence-electron chi connectivity index (χ1n) is 8.15. The van der Waals surface area contributed by atoms with E-state index in [-0.39, 0.29) is 29.6 Å². The largest absolute Gasteiger partial charge is 0.302 e. The van der Waals surface area contributed by atoms with Crippen molar-refractivity contribution in [1.82, 2.24) is 9.88 Å². The molecule has 2 aromatic rings. The predicted molar refractivity (Wildman–Crippen MR) is 106 cm³/mol. The molecule has 0 spiro atoms. The van der Waals surface area contributed by atoms with Crippen molar-refractivity contribution >= 4 is 44.6 Å². The number of hydrogen-bond acceptors (Lipinski definition) is 6. The molecule has 0 radical (unpaired) electrons. The Bertz CT molecular complexity index is 879. The Morgan fingerprint density at radius 2 is 2.00 bits per heavy atom. The first-order chi connectivity index (χ1) is 11.8. The number of aromatic nitrogens is 1. The SMILES string of the molecule is CCN1CCc2nc(NC(=O)Cc3ccc(S(C)(=O)=O)cc3)sc2C1.Cl. The van der Waals surface area contributed by atoms with E-state index < -0.39 is 9.84 Å². The second-order valence-corrected chi connectivity index (χ2v) is 9.25. The standard InChI is InChI=1S/C17H21N3O3S2.ClH/c1-3-20-9-8-14-15(11-20)24-17(18-14)19-16(21)10-12-4-6-13(7-5-12)25(2,22)23;/h4-7H,3,8-11H2,1-2H3,(H,18,19,21);1H. The molecule has 1 aliphatic rings. The number of halogens is 1. The maximum Gasteiger partial charge on any atom is 0.230 e. The van der Waals surface area contributed by atoms with Gasteiger partial charge in [0.25, 0.3) is 0 Å². The third-order valence-corrected chi connectivity index (χ3v) is 6.35. The second-order valence-electron chi connectivity index (χ2n) is 6.15. The monoisotopic (exact) mass is 415 g/mol. The Balaban J connectivity index is 0.00000243. The fourth-order valence-corrected chi connectivity index (χ4v) is 4.47. The van der Waals surface area contributed by atoms with Crippen molar-refractivity contribution in [1.29, 1.82) is 0 Å². The summed E-state index contributed by atoms with van der Waals surface area (Å²) < 4.78 is 22.9. The highest BCUT2D eigenvalue weighted by Gasteiger charge is 2.20. The lowest BCUT2D eigenvalue weighted by Crippen LogP contribution is -2.29. The summed E-state index contributed by atoms with van der Waals surface area (Å²) in [5.41, 5.74) is 1.85. The Labute approximate surface area is 164 Å². The molecule has 0 bridgehead atoms. The van der Waals surface area contributed by atoms with Gasteiger partial charge < -0.3 is 5.32 Å². The van der Waals surface area contributed by atoms with Crippen LogP contribution in [-0.4, -0.2) is 43.6 Å². The van der Waals surface area contributed by atoms with Crippen molar-refractivity contribution in [2.75, 3.05) is 24.7 Å². The zero-order valence-corrected chi connectivity index (χ0v) is 17.1. The second kappa shape index (κ2) is 8.47. The number of rotatable bonds is 5. The molecule has 1 aromatic heterocycles. The van der Waals surface area contributed by atoms with E-state index in [2.05, 4.69) is 22.1 Å². The fraction of sp³-hybridized carbons (Fsp3) is 0.412. The van der Waals surface area contributed by atoms with Gasteiger partial charge in [-0.1, -0.05) is 19.1 Å². The van der Waals surface area contributed by atoms with Crippen LogP contribution >= 0.6 is 23.7 Å². The minimum atomic E-state index is -3.22. The van der Waals surface area contributed by atoms with Crippen LogP contribution in [0, 0.1) is 0 Å². The molecule has 0 unspecified atom stereocenters. The van der Waals surface area contributed by atoms with Crippen molar-refractivity contribution in [2.45, 2.75) is 31.2 Å². The molecule has 9 heteroatoms. The molecule has 1 amide bonds. The van der Waals surface area contributed by atoms with Gasteiger partial charge in [-0.05, 0) is 24.2 Å². The van der Waals surface area contributed by atoms with E-state index in [1.54, 1.807) is 12.1 Å². The lowest BCUT2D eigenvalue weighted by Gasteiger charge is -2.23. The van der Waals surface area contributed by atoms with Gasteiger partial charge in [0.15, 0.2) is 15.0 Å². The van der Waals surface area contributed by atoms with E-state index in [1.165, 1.54) is 34.6 Å². The van der Waals surface area contributed by atoms with Gasteiger partial charge in [-0.25, -0.2) is 13.4 Å². The molecule has 3 rings (SSSR count). The van der Waals surface area contributed by atoms with E-state index in [0.717, 1.165) is 37.3 Å². The number of carbonyl (C=O) groups excluding carboxylic acids is 1. The Kier molecular flexibility index (Phi) is 6.79. The number of benzene rings is 1. The number of amides is 1. The Morgan fingerprint density at radius 3 is 2.62 bits per heavy atom. The van der Waals surface area contributed by atoms with Crippen LogP contribution in [0.1, 0.15) is 23.1 Å². The number of sulfone groups is 1. The number of nitrogens with one attached hydrogen (secondary N) is 1. The number of hydrogen-bond donors (Lipinski definition) is 1. The molecule has 142 valence electrons. The van der Waals surface area contributed by atoms with Gasteiger partial charge >= 0.3 is 0 Å². The van der Waals surface area contributed by atoms with Crippen molar-refractivity contribution in [3.05, 3.63) is 40.4 Å². The summed E-state index contributed by atoms with van der Waals surface area (Å²) in [7, 11) is -3.22. The summed E-state index contributed by atoms with van der Waals surface area (Å²) in [4.78, 5) is 20.6. The fourth-order valence-electron chi connectivity index (χ4n) is 2.78. The van der Waals surface area contributed by atoms with E-state index in [1.807, 2.05) is 0 Å². The molecule has 26 heavy (non-hydrogen) atoms. The third kappa shape index (κ3) is 5.03. The number of nitrogens with zero attached hydrogens (tertiary/aromatic N) is 2. The number of fused-ring (bicyclic) bond motifs is 1. The molecule has 0 aliphatic carbocycles. The summed E-state index contributed by atoms with van der Waals surface area (Å²) in [6, 6.07) is 6.39. The maximum absolute atomic E-state index is 12.2. The van der Waals surface area contributed by atoms with Crippen LogP contribution in [0.25, 0.3) is 0 Å². The zero-order chi connectivity index (χ0) is 18.0. The normalized spacial score (nSPS) is 14.4. The highest BCUT2D eigenvalue weighted by molar-refractivity contribution is 7.90. The molecule has 1 N–H and O–H groups in total. The highest BCUT2D eigenvalue weighted by Crippen LogP contribution is 2.28. The molecule has 0 fully saturated rings. The van der Waals surface area contributed by atoms with Crippen LogP contribution in [0.3, 0.4) is 0 Å². The van der Waals surface area contributed by atoms with E-state index in [9.17, 15) is 13.2 Å². The summed E-state index contributed by atoms with van der Waals surface area (Å²) >= 11 is 1.54. The first kappa shape index (κ1) is 20.8. The summed E-state index contributed by atoms with van der Waals surface area (Å²) in [6.45, 7) is 5.06. The molecular formula is C17H22ClN3O3S2. The van der Waals surface area contributed by atoms with Gasteiger partial charge in [0, 0.05) is 30.6 Å². The van der Waals surface area contributed by atoms with Gasteiger partial charge in [0.05, 0.1) is 17.0 Å². The van der Waals surface area contributed by atoms with Gasteiger partial charge in [-0.2, -0.15) is 0 Å². The van der Waals surface area contributed by atoms with Crippen molar-refractivity contribution in [3.8, 4) is 0 Å². The molecule has 6 nitrogen and oxygen atoms in total. The predicted octanol–water partition coefficient (Wildman–Crippen LogP) is 2.53. The average molecular weight is 416 g/mol. The van der Waals surface area contributed by atoms with Crippen LogP contribution in [0.4, 0.5) is 5.13 Å². The Hall–Kier alpha value is -1.48. The molecule has 1 aromatic carbocycles. The van der Waals surface area contributed by atoms with E-state index in [0.29, 0.717) is 5.13 Å². The number of anilines is 1.